The number of nitrogens with zero attached hydrogens (tertiary/aromatic N) is 1. The summed E-state index contributed by atoms with van der Waals surface area (Å²) >= 11 is 0. The molecule has 0 radical (unpaired) electrons. The predicted molar refractivity (Wildman–Crippen MR) is 117 cm³/mol. The highest BCUT2D eigenvalue weighted by molar-refractivity contribution is 5.80. The third kappa shape index (κ3) is 8.68. The highest BCUT2D eigenvalue weighted by atomic mass is 16.6. The van der Waals surface area contributed by atoms with Crippen molar-refractivity contribution >= 4 is 12.1 Å². The maximum absolute atomic E-state index is 12.2. The minimum Gasteiger partial charge on any atom is -0.491 e. The molecule has 0 aromatic heterocycles. The standard InChI is InChI=1S/C24H31NO6/c1-24(2,3)31-23(28)25(4)21(22(26)27)16-18-10-12-20(13-11-18)30-15-14-29-17-19-8-6-5-7-9-19/h5-13,21H,14-17H2,1-4H3,(H,26,27)/t21-/m0/s1. The molecule has 2 aromatic rings. The first kappa shape index (κ1) is 24.2. The number of ether oxygens (including phenoxy) is 3. The molecule has 1 atom stereocenters. The van der Waals surface area contributed by atoms with Gasteiger partial charge in [-0.05, 0) is 44.0 Å². The Morgan fingerprint density at radius 2 is 1.61 bits per heavy atom. The Kier molecular flexibility index (Phi) is 8.88. The first-order chi connectivity index (χ1) is 14.7. The molecule has 1 amide bonds. The molecule has 0 aliphatic rings. The molecule has 2 rings (SSSR count). The van der Waals surface area contributed by atoms with Gasteiger partial charge in [-0.2, -0.15) is 0 Å². The van der Waals surface area contributed by atoms with E-state index >= 15 is 0 Å². The number of carboxylic acids is 1. The Morgan fingerprint density at radius 1 is 0.968 bits per heavy atom. The lowest BCUT2D eigenvalue weighted by Crippen LogP contribution is -2.46. The van der Waals surface area contributed by atoms with Gasteiger partial charge in [0.05, 0.1) is 13.2 Å². The first-order valence-electron chi connectivity index (χ1n) is 10.2. The maximum atomic E-state index is 12.2. The zero-order valence-corrected chi connectivity index (χ0v) is 18.5. The number of amides is 1. The van der Waals surface area contributed by atoms with E-state index in [-0.39, 0.29) is 6.42 Å². The number of carboxylic acid groups (broad SMARTS) is 1. The van der Waals surface area contributed by atoms with Crippen LogP contribution in [0.1, 0.15) is 31.9 Å². The number of carbonyl (C=O) groups is 2. The monoisotopic (exact) mass is 429 g/mol. The third-order valence-corrected chi connectivity index (χ3v) is 4.39. The molecule has 0 saturated heterocycles. The van der Waals surface area contributed by atoms with E-state index in [1.165, 1.54) is 7.05 Å². The number of hydrogen-bond acceptors (Lipinski definition) is 5. The summed E-state index contributed by atoms with van der Waals surface area (Å²) in [7, 11) is 1.43. The quantitative estimate of drug-likeness (QED) is 0.571. The van der Waals surface area contributed by atoms with Crippen molar-refractivity contribution < 1.29 is 28.9 Å². The summed E-state index contributed by atoms with van der Waals surface area (Å²) in [6, 6.07) is 16.0. The summed E-state index contributed by atoms with van der Waals surface area (Å²) in [6.45, 7) is 6.61. The second-order valence-electron chi connectivity index (χ2n) is 8.18. The molecular formula is C24H31NO6. The van der Waals surface area contributed by atoms with Gasteiger partial charge in [-0.3, -0.25) is 4.90 Å². The number of benzene rings is 2. The fourth-order valence-corrected chi connectivity index (χ4v) is 2.78. The van der Waals surface area contributed by atoms with Gasteiger partial charge in [0.15, 0.2) is 0 Å². The zero-order chi connectivity index (χ0) is 22.9. The van der Waals surface area contributed by atoms with Gasteiger partial charge in [-0.25, -0.2) is 9.59 Å². The van der Waals surface area contributed by atoms with Crippen LogP contribution < -0.4 is 4.74 Å². The van der Waals surface area contributed by atoms with Crippen molar-refractivity contribution in [2.24, 2.45) is 0 Å². The molecule has 7 nitrogen and oxygen atoms in total. The number of hydrogen-bond donors (Lipinski definition) is 1. The van der Waals surface area contributed by atoms with Crippen molar-refractivity contribution in [2.75, 3.05) is 20.3 Å². The van der Waals surface area contributed by atoms with Crippen LogP contribution in [0.4, 0.5) is 4.79 Å². The van der Waals surface area contributed by atoms with Gasteiger partial charge in [0, 0.05) is 13.5 Å². The summed E-state index contributed by atoms with van der Waals surface area (Å²) < 4.78 is 16.5. The minimum absolute atomic E-state index is 0.158. The van der Waals surface area contributed by atoms with Crippen LogP contribution in [0, 0.1) is 0 Å². The normalized spacial score (nSPS) is 12.1. The molecule has 2 aromatic carbocycles. The lowest BCUT2D eigenvalue weighted by atomic mass is 10.1. The van der Waals surface area contributed by atoms with Crippen molar-refractivity contribution in [3.05, 3.63) is 65.7 Å². The van der Waals surface area contributed by atoms with E-state index in [1.54, 1.807) is 45.0 Å². The lowest BCUT2D eigenvalue weighted by Gasteiger charge is -2.28. The highest BCUT2D eigenvalue weighted by Crippen LogP contribution is 2.17. The van der Waals surface area contributed by atoms with Crippen molar-refractivity contribution in [2.45, 2.75) is 45.4 Å². The first-order valence-corrected chi connectivity index (χ1v) is 10.2. The Labute approximate surface area is 183 Å². The molecule has 0 unspecified atom stereocenters. The van der Waals surface area contributed by atoms with Gasteiger partial charge < -0.3 is 19.3 Å². The largest absolute Gasteiger partial charge is 0.491 e. The van der Waals surface area contributed by atoms with E-state index in [4.69, 9.17) is 14.2 Å². The molecule has 31 heavy (non-hydrogen) atoms. The van der Waals surface area contributed by atoms with Crippen LogP contribution in [0.2, 0.25) is 0 Å². The topological polar surface area (TPSA) is 85.3 Å². The van der Waals surface area contributed by atoms with Crippen LogP contribution >= 0.6 is 0 Å². The second kappa shape index (κ2) is 11.4. The summed E-state index contributed by atoms with van der Waals surface area (Å²) in [4.78, 5) is 25.0. The van der Waals surface area contributed by atoms with Gasteiger partial charge in [0.25, 0.3) is 0 Å². The van der Waals surface area contributed by atoms with E-state index in [1.807, 2.05) is 30.3 Å². The zero-order valence-electron chi connectivity index (χ0n) is 18.5. The Bertz CT molecular complexity index is 829. The van der Waals surface area contributed by atoms with Crippen molar-refractivity contribution in [3.63, 3.8) is 0 Å². The second-order valence-corrected chi connectivity index (χ2v) is 8.18. The lowest BCUT2D eigenvalue weighted by molar-refractivity contribution is -0.142. The fraction of sp³-hybridized carbons (Fsp3) is 0.417. The number of carbonyl (C=O) groups excluding carboxylic acids is 1. The minimum atomic E-state index is -1.09. The maximum Gasteiger partial charge on any atom is 0.410 e. The van der Waals surface area contributed by atoms with Crippen molar-refractivity contribution in [1.82, 2.24) is 4.90 Å². The molecule has 1 N–H and O–H groups in total. The van der Waals surface area contributed by atoms with Gasteiger partial charge in [0.2, 0.25) is 0 Å². The summed E-state index contributed by atoms with van der Waals surface area (Å²) in [5.41, 5.74) is 1.18. The molecule has 168 valence electrons. The molecule has 0 aliphatic heterocycles. The molecule has 0 bridgehead atoms. The van der Waals surface area contributed by atoms with E-state index in [2.05, 4.69) is 0 Å². The Morgan fingerprint density at radius 3 is 2.19 bits per heavy atom. The number of aliphatic carboxylic acids is 1. The van der Waals surface area contributed by atoms with Crippen molar-refractivity contribution in [3.8, 4) is 5.75 Å². The van der Waals surface area contributed by atoms with Gasteiger partial charge in [-0.15, -0.1) is 0 Å². The average molecular weight is 430 g/mol. The highest BCUT2D eigenvalue weighted by Gasteiger charge is 2.30. The van der Waals surface area contributed by atoms with Gasteiger partial charge in [-0.1, -0.05) is 42.5 Å². The number of rotatable bonds is 10. The van der Waals surface area contributed by atoms with Gasteiger partial charge in [0.1, 0.15) is 24.0 Å². The molecule has 0 heterocycles. The summed E-state index contributed by atoms with van der Waals surface area (Å²) in [5.74, 6) is -0.427. The molecular weight excluding hydrogens is 398 g/mol. The molecule has 0 aliphatic carbocycles. The molecule has 7 heteroatoms. The van der Waals surface area contributed by atoms with Gasteiger partial charge >= 0.3 is 12.1 Å². The summed E-state index contributed by atoms with van der Waals surface area (Å²) in [5, 5.41) is 9.57. The van der Waals surface area contributed by atoms with E-state index in [9.17, 15) is 14.7 Å². The van der Waals surface area contributed by atoms with Crippen LogP contribution in [0.3, 0.4) is 0 Å². The summed E-state index contributed by atoms with van der Waals surface area (Å²) in [6.07, 6.45) is -0.513. The van der Waals surface area contributed by atoms with Crippen LogP contribution in [-0.4, -0.2) is 54.0 Å². The van der Waals surface area contributed by atoms with Crippen LogP contribution in [0.5, 0.6) is 5.75 Å². The number of likely N-dealkylation sites (N-methyl/N-ethyl adjacent to an activating group) is 1. The van der Waals surface area contributed by atoms with E-state index in [0.29, 0.717) is 25.6 Å². The van der Waals surface area contributed by atoms with Crippen molar-refractivity contribution in [1.29, 1.82) is 0 Å². The fourth-order valence-electron chi connectivity index (χ4n) is 2.78. The van der Waals surface area contributed by atoms with E-state index in [0.717, 1.165) is 16.0 Å². The third-order valence-electron chi connectivity index (χ3n) is 4.39. The van der Waals surface area contributed by atoms with E-state index < -0.39 is 23.7 Å². The average Bonchev–Trinajstić information content (AvgIpc) is 2.71. The van der Waals surface area contributed by atoms with Crippen LogP contribution in [0.25, 0.3) is 0 Å². The van der Waals surface area contributed by atoms with Crippen LogP contribution in [-0.2, 0) is 27.3 Å². The molecule has 0 spiro atoms. The SMILES string of the molecule is CN(C(=O)OC(C)(C)C)[C@@H](Cc1ccc(OCCOCc2ccccc2)cc1)C(=O)O. The Balaban J connectivity index is 1.82. The molecule has 0 fully saturated rings. The Hall–Kier alpha value is -3.06. The molecule has 0 saturated carbocycles. The predicted octanol–water partition coefficient (Wildman–Crippen LogP) is 4.14. The van der Waals surface area contributed by atoms with Crippen LogP contribution in [0.15, 0.2) is 54.6 Å². The smallest absolute Gasteiger partial charge is 0.410 e.